The molecule has 0 amide bonds. The van der Waals surface area contributed by atoms with Gasteiger partial charge in [-0.3, -0.25) is 9.36 Å². The van der Waals surface area contributed by atoms with Gasteiger partial charge in [0.25, 0.3) is 5.56 Å². The van der Waals surface area contributed by atoms with Crippen LogP contribution in [0.25, 0.3) is 10.2 Å². The molecule has 0 aliphatic carbocycles. The summed E-state index contributed by atoms with van der Waals surface area (Å²) in [5.41, 5.74) is 1.08. The predicted octanol–water partition coefficient (Wildman–Crippen LogP) is 3.94. The summed E-state index contributed by atoms with van der Waals surface area (Å²) in [5.74, 6) is 0.558. The van der Waals surface area contributed by atoms with Crippen LogP contribution in [0.3, 0.4) is 0 Å². The molecule has 0 spiro atoms. The second-order valence-electron chi connectivity index (χ2n) is 4.21. The third-order valence-electron chi connectivity index (χ3n) is 2.93. The lowest BCUT2D eigenvalue weighted by Crippen LogP contribution is -2.22. The zero-order valence-electron chi connectivity index (χ0n) is 11.1. The highest BCUT2D eigenvalue weighted by atomic mass is 35.5. The molecule has 0 aliphatic heterocycles. The lowest BCUT2D eigenvalue weighted by atomic mass is 10.2. The molecule has 3 nitrogen and oxygen atoms in total. The Morgan fingerprint density at radius 3 is 2.79 bits per heavy atom. The minimum Gasteiger partial charge on any atom is -0.287 e. The SMILES string of the molecule is C=C(Cl)CSc1nc2sc(C)c(C)c2c(=O)n1CC. The number of thioether (sulfide) groups is 1. The second kappa shape index (κ2) is 5.69. The first-order chi connectivity index (χ1) is 8.95. The van der Waals surface area contributed by atoms with Gasteiger partial charge < -0.3 is 0 Å². The van der Waals surface area contributed by atoms with Crippen molar-refractivity contribution in [3.63, 3.8) is 0 Å². The van der Waals surface area contributed by atoms with Gasteiger partial charge in [0, 0.05) is 22.2 Å². The van der Waals surface area contributed by atoms with E-state index in [0.29, 0.717) is 22.5 Å². The average Bonchev–Trinajstić information content (AvgIpc) is 2.62. The van der Waals surface area contributed by atoms with Crippen LogP contribution in [0, 0.1) is 13.8 Å². The van der Waals surface area contributed by atoms with Crippen molar-refractivity contribution >= 4 is 44.9 Å². The molecule has 0 unspecified atom stereocenters. The molecule has 0 saturated heterocycles. The van der Waals surface area contributed by atoms with Gasteiger partial charge in [0.05, 0.1) is 5.39 Å². The van der Waals surface area contributed by atoms with E-state index < -0.39 is 0 Å². The summed E-state index contributed by atoms with van der Waals surface area (Å²) in [6, 6.07) is 0. The van der Waals surface area contributed by atoms with Crippen molar-refractivity contribution in [2.75, 3.05) is 5.75 Å². The fourth-order valence-electron chi connectivity index (χ4n) is 1.84. The Morgan fingerprint density at radius 2 is 2.21 bits per heavy atom. The van der Waals surface area contributed by atoms with Crippen LogP contribution in [0.2, 0.25) is 0 Å². The third-order valence-corrected chi connectivity index (χ3v) is 5.38. The van der Waals surface area contributed by atoms with Gasteiger partial charge in [-0.05, 0) is 26.3 Å². The van der Waals surface area contributed by atoms with Crippen LogP contribution in [0.5, 0.6) is 0 Å². The molecule has 0 aliphatic rings. The molecule has 0 aromatic carbocycles. The number of aromatic nitrogens is 2. The second-order valence-corrected chi connectivity index (χ2v) is 6.89. The number of thiophene rings is 1. The highest BCUT2D eigenvalue weighted by Gasteiger charge is 2.15. The summed E-state index contributed by atoms with van der Waals surface area (Å²) in [5, 5.41) is 2.02. The van der Waals surface area contributed by atoms with Gasteiger partial charge in [0.1, 0.15) is 4.83 Å². The van der Waals surface area contributed by atoms with Crippen molar-refractivity contribution in [2.45, 2.75) is 32.5 Å². The summed E-state index contributed by atoms with van der Waals surface area (Å²) < 4.78 is 1.70. The first-order valence-corrected chi connectivity index (χ1v) is 8.10. The fourth-order valence-corrected chi connectivity index (χ4v) is 3.89. The minimum atomic E-state index is 0.0389. The molecule has 0 bridgehead atoms. The number of hydrogen-bond acceptors (Lipinski definition) is 4. The molecule has 2 aromatic rings. The molecule has 2 heterocycles. The Balaban J connectivity index is 2.65. The van der Waals surface area contributed by atoms with Crippen LogP contribution < -0.4 is 5.56 Å². The number of aryl methyl sites for hydroxylation is 2. The van der Waals surface area contributed by atoms with Crippen molar-refractivity contribution in [1.29, 1.82) is 0 Å². The van der Waals surface area contributed by atoms with Crippen LogP contribution in [-0.4, -0.2) is 15.3 Å². The first-order valence-electron chi connectivity index (χ1n) is 5.92. The van der Waals surface area contributed by atoms with E-state index in [-0.39, 0.29) is 5.56 Å². The first kappa shape index (κ1) is 14.6. The largest absolute Gasteiger partial charge is 0.287 e. The molecule has 2 aromatic heterocycles. The van der Waals surface area contributed by atoms with E-state index in [4.69, 9.17) is 11.6 Å². The summed E-state index contributed by atoms with van der Waals surface area (Å²) in [7, 11) is 0. The molecule has 0 fully saturated rings. The lowest BCUT2D eigenvalue weighted by molar-refractivity contribution is 0.635. The predicted molar refractivity (Wildman–Crippen MR) is 84.7 cm³/mol. The van der Waals surface area contributed by atoms with E-state index in [9.17, 15) is 4.79 Å². The summed E-state index contributed by atoms with van der Waals surface area (Å²) >= 11 is 8.80. The van der Waals surface area contributed by atoms with E-state index >= 15 is 0 Å². The van der Waals surface area contributed by atoms with Crippen LogP contribution in [-0.2, 0) is 6.54 Å². The third kappa shape index (κ3) is 2.73. The van der Waals surface area contributed by atoms with Gasteiger partial charge in [-0.1, -0.05) is 29.9 Å². The van der Waals surface area contributed by atoms with Gasteiger partial charge in [-0.2, -0.15) is 0 Å². The quantitative estimate of drug-likeness (QED) is 0.633. The Bertz CT molecular complexity index is 703. The van der Waals surface area contributed by atoms with Crippen LogP contribution in [0.4, 0.5) is 0 Å². The lowest BCUT2D eigenvalue weighted by Gasteiger charge is -2.09. The number of nitrogens with zero attached hydrogens (tertiary/aromatic N) is 2. The standard InChI is InChI=1S/C13H15ClN2OS2/c1-5-16-12(17)10-8(3)9(4)19-11(10)15-13(16)18-6-7(2)14/h2,5-6H2,1,3-4H3. The smallest absolute Gasteiger partial charge is 0.263 e. The van der Waals surface area contributed by atoms with Gasteiger partial charge in [-0.15, -0.1) is 11.3 Å². The molecule has 2 rings (SSSR count). The number of fused-ring (bicyclic) bond motifs is 1. The van der Waals surface area contributed by atoms with Gasteiger partial charge in [0.15, 0.2) is 5.16 Å². The van der Waals surface area contributed by atoms with Crippen molar-refractivity contribution in [3.8, 4) is 0 Å². The summed E-state index contributed by atoms with van der Waals surface area (Å²) in [6.07, 6.45) is 0. The Labute approximate surface area is 125 Å². The molecular formula is C13H15ClN2OS2. The van der Waals surface area contributed by atoms with Crippen LogP contribution in [0.15, 0.2) is 21.6 Å². The van der Waals surface area contributed by atoms with E-state index in [1.807, 2.05) is 20.8 Å². The molecule has 102 valence electrons. The number of rotatable bonds is 4. The maximum absolute atomic E-state index is 12.5. The number of halogens is 1. The Hall–Kier alpha value is -0.780. The molecule has 0 saturated carbocycles. The van der Waals surface area contributed by atoms with Crippen molar-refractivity contribution in [2.24, 2.45) is 0 Å². The summed E-state index contributed by atoms with van der Waals surface area (Å²) in [6.45, 7) is 10.2. The van der Waals surface area contributed by atoms with Gasteiger partial charge in [-0.25, -0.2) is 4.98 Å². The van der Waals surface area contributed by atoms with Gasteiger partial charge in [0.2, 0.25) is 0 Å². The highest BCUT2D eigenvalue weighted by Crippen LogP contribution is 2.28. The Morgan fingerprint density at radius 1 is 1.53 bits per heavy atom. The van der Waals surface area contributed by atoms with Crippen LogP contribution in [0.1, 0.15) is 17.4 Å². The normalized spacial score (nSPS) is 11.2. The maximum atomic E-state index is 12.5. The van der Waals surface area contributed by atoms with E-state index in [2.05, 4.69) is 11.6 Å². The molecule has 6 heteroatoms. The maximum Gasteiger partial charge on any atom is 0.263 e. The minimum absolute atomic E-state index is 0.0389. The molecule has 0 N–H and O–H groups in total. The van der Waals surface area contributed by atoms with E-state index in [1.165, 1.54) is 11.8 Å². The number of hydrogen-bond donors (Lipinski definition) is 0. The molecular weight excluding hydrogens is 300 g/mol. The highest BCUT2D eigenvalue weighted by molar-refractivity contribution is 7.99. The van der Waals surface area contributed by atoms with Crippen molar-refractivity contribution in [1.82, 2.24) is 9.55 Å². The Kier molecular flexibility index (Phi) is 4.38. The van der Waals surface area contributed by atoms with Crippen molar-refractivity contribution < 1.29 is 0 Å². The zero-order chi connectivity index (χ0) is 14.2. The van der Waals surface area contributed by atoms with E-state index in [1.54, 1.807) is 15.9 Å². The topological polar surface area (TPSA) is 34.9 Å². The van der Waals surface area contributed by atoms with Crippen molar-refractivity contribution in [3.05, 3.63) is 32.4 Å². The molecule has 19 heavy (non-hydrogen) atoms. The monoisotopic (exact) mass is 314 g/mol. The van der Waals surface area contributed by atoms with E-state index in [0.717, 1.165) is 20.7 Å². The summed E-state index contributed by atoms with van der Waals surface area (Å²) in [4.78, 5) is 19.1. The fraction of sp³-hybridized carbons (Fsp3) is 0.385. The zero-order valence-corrected chi connectivity index (χ0v) is 13.5. The molecule has 0 atom stereocenters. The average molecular weight is 315 g/mol. The molecule has 0 radical (unpaired) electrons. The van der Waals surface area contributed by atoms with Gasteiger partial charge >= 0.3 is 0 Å². The van der Waals surface area contributed by atoms with Crippen LogP contribution >= 0.6 is 34.7 Å².